The maximum absolute atomic E-state index is 13.0. The van der Waals surface area contributed by atoms with Gasteiger partial charge in [0.05, 0.1) is 5.92 Å². The Bertz CT molecular complexity index is 1250. The maximum atomic E-state index is 13.0. The van der Waals surface area contributed by atoms with Gasteiger partial charge in [0.1, 0.15) is 17.6 Å². The lowest BCUT2D eigenvalue weighted by atomic mass is 9.97. The molecule has 1 saturated heterocycles. The van der Waals surface area contributed by atoms with Crippen LogP contribution in [0.2, 0.25) is 0 Å². The molecule has 33 heavy (non-hydrogen) atoms. The van der Waals surface area contributed by atoms with Crippen LogP contribution >= 0.6 is 11.3 Å². The predicted octanol–water partition coefficient (Wildman–Crippen LogP) is 2.46. The van der Waals surface area contributed by atoms with Crippen LogP contribution in [0.3, 0.4) is 0 Å². The molecule has 0 spiro atoms. The number of carbonyl (C=O) groups excluding carboxylic acids is 2. The van der Waals surface area contributed by atoms with Crippen LogP contribution in [0.15, 0.2) is 29.3 Å². The van der Waals surface area contributed by atoms with E-state index in [4.69, 9.17) is 0 Å². The van der Waals surface area contributed by atoms with Gasteiger partial charge in [0.15, 0.2) is 10.8 Å². The average molecular weight is 469 g/mol. The number of amides is 2. The highest BCUT2D eigenvalue weighted by atomic mass is 32.1. The minimum Gasteiger partial charge on any atom is -0.356 e. The fourth-order valence-corrected chi connectivity index (χ4v) is 4.99. The fraction of sp³-hybridized carbons (Fsp3) is 0.435. The topological polar surface area (TPSA) is 109 Å². The molecule has 1 fully saturated rings. The summed E-state index contributed by atoms with van der Waals surface area (Å²) in [6, 6.07) is 5.83. The molecule has 0 radical (unpaired) electrons. The van der Waals surface area contributed by atoms with E-state index in [9.17, 15) is 14.4 Å². The molecule has 1 aromatic carbocycles. The van der Waals surface area contributed by atoms with E-state index in [1.165, 1.54) is 22.2 Å². The van der Waals surface area contributed by atoms with Gasteiger partial charge in [-0.1, -0.05) is 23.5 Å². The molecule has 4 rings (SSSR count). The first-order chi connectivity index (χ1) is 15.9. The molecule has 0 aliphatic carbocycles. The fourth-order valence-electron chi connectivity index (χ4n) is 3.98. The van der Waals surface area contributed by atoms with Gasteiger partial charge in [-0.3, -0.25) is 19.0 Å². The quantitative estimate of drug-likeness (QED) is 0.575. The minimum atomic E-state index is -0.294. The number of benzene rings is 1. The Morgan fingerprint density at radius 2 is 2.09 bits per heavy atom. The second-order valence-electron chi connectivity index (χ2n) is 8.37. The summed E-state index contributed by atoms with van der Waals surface area (Å²) in [5.41, 5.74) is 2.80. The number of aryl methyl sites for hydroxylation is 2. The van der Waals surface area contributed by atoms with Gasteiger partial charge in [0.25, 0.3) is 5.56 Å². The summed E-state index contributed by atoms with van der Waals surface area (Å²) < 4.78 is 1.71. The lowest BCUT2D eigenvalue weighted by Crippen LogP contribution is -2.43. The maximum Gasteiger partial charge on any atom is 0.273 e. The molecule has 2 aromatic heterocycles. The van der Waals surface area contributed by atoms with Gasteiger partial charge in [-0.15, -0.1) is 0 Å². The van der Waals surface area contributed by atoms with Crippen molar-refractivity contribution in [2.45, 2.75) is 40.2 Å². The van der Waals surface area contributed by atoms with Crippen LogP contribution in [0.4, 0.5) is 10.8 Å². The molecule has 0 bridgehead atoms. The van der Waals surface area contributed by atoms with E-state index in [2.05, 4.69) is 20.6 Å². The predicted molar refractivity (Wildman–Crippen MR) is 130 cm³/mol. The van der Waals surface area contributed by atoms with Crippen LogP contribution < -0.4 is 21.1 Å². The lowest BCUT2D eigenvalue weighted by Gasteiger charge is -2.31. The van der Waals surface area contributed by atoms with Crippen LogP contribution in [0.25, 0.3) is 10.3 Å². The summed E-state index contributed by atoms with van der Waals surface area (Å²) in [4.78, 5) is 48.8. The van der Waals surface area contributed by atoms with Crippen molar-refractivity contribution < 1.29 is 9.59 Å². The summed E-state index contributed by atoms with van der Waals surface area (Å²) >= 11 is 1.26. The molecule has 0 unspecified atom stereocenters. The van der Waals surface area contributed by atoms with E-state index >= 15 is 0 Å². The highest BCUT2D eigenvalue weighted by molar-refractivity contribution is 7.22. The Morgan fingerprint density at radius 1 is 1.27 bits per heavy atom. The van der Waals surface area contributed by atoms with Crippen molar-refractivity contribution in [3.63, 3.8) is 0 Å². The molecular weight excluding hydrogens is 440 g/mol. The van der Waals surface area contributed by atoms with Gasteiger partial charge >= 0.3 is 0 Å². The number of aromatic nitrogens is 3. The molecule has 2 N–H and O–H groups in total. The first-order valence-electron chi connectivity index (χ1n) is 11.1. The van der Waals surface area contributed by atoms with Crippen LogP contribution in [0.5, 0.6) is 0 Å². The molecule has 174 valence electrons. The van der Waals surface area contributed by atoms with Crippen LogP contribution in [-0.2, 0) is 16.1 Å². The molecule has 1 atom stereocenters. The van der Waals surface area contributed by atoms with Crippen molar-refractivity contribution in [2.75, 3.05) is 29.9 Å². The van der Waals surface area contributed by atoms with Gasteiger partial charge < -0.3 is 15.5 Å². The Labute approximate surface area is 195 Å². The summed E-state index contributed by atoms with van der Waals surface area (Å²) in [5.74, 6) is -0.333. The van der Waals surface area contributed by atoms with Crippen molar-refractivity contribution in [1.29, 1.82) is 0 Å². The van der Waals surface area contributed by atoms with Gasteiger partial charge in [0.2, 0.25) is 11.8 Å². The monoisotopic (exact) mass is 468 g/mol. The zero-order chi connectivity index (χ0) is 23.5. The number of hydrogen-bond acceptors (Lipinski definition) is 7. The zero-order valence-corrected chi connectivity index (χ0v) is 19.9. The zero-order valence-electron chi connectivity index (χ0n) is 19.1. The highest BCUT2D eigenvalue weighted by Crippen LogP contribution is 2.29. The lowest BCUT2D eigenvalue weighted by molar-refractivity contribution is -0.125. The summed E-state index contributed by atoms with van der Waals surface area (Å²) in [6.07, 6.45) is 3.09. The molecule has 0 saturated carbocycles. The van der Waals surface area contributed by atoms with Gasteiger partial charge in [-0.05, 0) is 50.8 Å². The number of piperidine rings is 1. The van der Waals surface area contributed by atoms with Crippen LogP contribution in [-0.4, -0.2) is 46.0 Å². The largest absolute Gasteiger partial charge is 0.356 e. The van der Waals surface area contributed by atoms with Crippen molar-refractivity contribution in [1.82, 2.24) is 19.9 Å². The third kappa shape index (κ3) is 5.05. The van der Waals surface area contributed by atoms with Gasteiger partial charge in [-0.2, -0.15) is 4.98 Å². The van der Waals surface area contributed by atoms with E-state index in [0.29, 0.717) is 28.6 Å². The standard InChI is InChI=1S/C23H28N6O3S/c1-4-24-21(31)16-6-5-9-28(11-16)23-27-20-19(33-23)22(32)29(13-25-20)12-18(30)26-17-10-14(2)7-8-15(17)3/h7-8,10,13,16H,4-6,9,11-12H2,1-3H3,(H,24,31)(H,26,30)/t16-/m1/s1. The number of carbonyl (C=O) groups is 2. The SMILES string of the molecule is CCNC(=O)[C@@H]1CCCN(c2nc3ncn(CC(=O)Nc4cc(C)ccc4C)c(=O)c3s2)C1. The summed E-state index contributed by atoms with van der Waals surface area (Å²) in [6.45, 7) is 7.61. The normalized spacial score (nSPS) is 16.1. The van der Waals surface area contributed by atoms with Crippen molar-refractivity contribution in [3.8, 4) is 0 Å². The van der Waals surface area contributed by atoms with E-state index in [1.54, 1.807) is 0 Å². The molecular formula is C23H28N6O3S. The molecule has 2 amide bonds. The molecule has 1 aliphatic heterocycles. The third-order valence-electron chi connectivity index (χ3n) is 5.77. The number of nitrogens with zero attached hydrogens (tertiary/aromatic N) is 4. The van der Waals surface area contributed by atoms with Crippen molar-refractivity contribution in [2.24, 2.45) is 5.92 Å². The average Bonchev–Trinajstić information content (AvgIpc) is 3.24. The molecule has 9 nitrogen and oxygen atoms in total. The van der Waals surface area contributed by atoms with Crippen LogP contribution in [0, 0.1) is 19.8 Å². The first kappa shape index (κ1) is 22.9. The molecule has 3 heterocycles. The van der Waals surface area contributed by atoms with Crippen molar-refractivity contribution in [3.05, 3.63) is 46.0 Å². The Kier molecular flexibility index (Phi) is 6.73. The number of nitrogens with one attached hydrogen (secondary N) is 2. The third-order valence-corrected chi connectivity index (χ3v) is 6.86. The van der Waals surface area contributed by atoms with Crippen LogP contribution in [0.1, 0.15) is 30.9 Å². The second-order valence-corrected chi connectivity index (χ2v) is 9.35. The Balaban J connectivity index is 1.51. The summed E-state index contributed by atoms with van der Waals surface area (Å²) in [7, 11) is 0. The second kappa shape index (κ2) is 9.70. The van der Waals surface area contributed by atoms with Crippen molar-refractivity contribution >= 4 is 44.3 Å². The molecule has 10 heteroatoms. The summed E-state index contributed by atoms with van der Waals surface area (Å²) in [5, 5.41) is 6.44. The van der Waals surface area contributed by atoms with E-state index in [-0.39, 0.29) is 29.8 Å². The van der Waals surface area contributed by atoms with E-state index in [1.807, 2.05) is 43.9 Å². The number of rotatable bonds is 6. The Morgan fingerprint density at radius 3 is 2.88 bits per heavy atom. The smallest absolute Gasteiger partial charge is 0.273 e. The Hall–Kier alpha value is -3.27. The number of hydrogen-bond donors (Lipinski definition) is 2. The van der Waals surface area contributed by atoms with E-state index < -0.39 is 0 Å². The number of thiazole rings is 1. The van der Waals surface area contributed by atoms with E-state index in [0.717, 1.165) is 36.2 Å². The molecule has 3 aromatic rings. The van der Waals surface area contributed by atoms with Gasteiger partial charge in [0, 0.05) is 25.3 Å². The minimum absolute atomic E-state index is 0.0543. The highest BCUT2D eigenvalue weighted by Gasteiger charge is 2.27. The number of anilines is 2. The van der Waals surface area contributed by atoms with Gasteiger partial charge in [-0.25, -0.2) is 4.98 Å². The first-order valence-corrected chi connectivity index (χ1v) is 11.9. The number of fused-ring (bicyclic) bond motifs is 1. The molecule has 1 aliphatic rings.